The van der Waals surface area contributed by atoms with Crippen LogP contribution in [0.5, 0.6) is 0 Å². The van der Waals surface area contributed by atoms with Gasteiger partial charge in [0.25, 0.3) is 5.91 Å². The molecule has 1 aliphatic heterocycles. The van der Waals surface area contributed by atoms with Crippen LogP contribution in [0.2, 0.25) is 0 Å². The Morgan fingerprint density at radius 3 is 2.38 bits per heavy atom. The Balaban J connectivity index is 1.66. The summed E-state index contributed by atoms with van der Waals surface area (Å²) in [5.74, 6) is -0.239. The Morgan fingerprint density at radius 2 is 1.81 bits per heavy atom. The zero-order valence-electron chi connectivity index (χ0n) is 14.8. The van der Waals surface area contributed by atoms with Crippen LogP contribution in [0.3, 0.4) is 0 Å². The van der Waals surface area contributed by atoms with Crippen LogP contribution < -0.4 is 5.32 Å². The molecule has 6 nitrogen and oxygen atoms in total. The van der Waals surface area contributed by atoms with E-state index >= 15 is 0 Å². The first-order chi connectivity index (χ1) is 12.5. The van der Waals surface area contributed by atoms with E-state index in [2.05, 4.69) is 10.3 Å². The minimum atomic E-state index is -3.49. The lowest BCUT2D eigenvalue weighted by atomic mass is 10.2. The predicted octanol–water partition coefficient (Wildman–Crippen LogP) is 2.95. The molecule has 1 fully saturated rings. The lowest BCUT2D eigenvalue weighted by Gasteiger charge is -2.20. The van der Waals surface area contributed by atoms with E-state index in [-0.39, 0.29) is 10.8 Å². The van der Waals surface area contributed by atoms with E-state index in [1.807, 2.05) is 12.3 Å². The molecule has 1 aromatic carbocycles. The third-order valence-corrected chi connectivity index (χ3v) is 7.27. The summed E-state index contributed by atoms with van der Waals surface area (Å²) in [6.45, 7) is 3.41. The van der Waals surface area contributed by atoms with Gasteiger partial charge in [0.2, 0.25) is 10.0 Å². The SMILES string of the molecule is Cc1csc(CNC(=O)c2ccc(S(=O)(=O)N3CCCCCC3)cc2)n1. The smallest absolute Gasteiger partial charge is 0.251 e. The van der Waals surface area contributed by atoms with Crippen molar-refractivity contribution in [3.63, 3.8) is 0 Å². The molecule has 3 rings (SSSR count). The zero-order valence-corrected chi connectivity index (χ0v) is 16.4. The minimum absolute atomic E-state index is 0.239. The number of aryl methyl sites for hydroxylation is 1. The molecule has 0 aliphatic carbocycles. The Morgan fingerprint density at radius 1 is 1.15 bits per heavy atom. The number of sulfonamides is 1. The Kier molecular flexibility index (Phi) is 6.05. The van der Waals surface area contributed by atoms with Gasteiger partial charge >= 0.3 is 0 Å². The van der Waals surface area contributed by atoms with Gasteiger partial charge in [0, 0.05) is 29.7 Å². The summed E-state index contributed by atoms with van der Waals surface area (Å²) in [5.41, 5.74) is 1.37. The standard InChI is InChI=1S/C18H23N3O3S2/c1-14-13-25-17(20-14)12-19-18(22)15-6-8-16(9-7-15)26(23,24)21-10-4-2-3-5-11-21/h6-9,13H,2-5,10-12H2,1H3,(H,19,22). The molecule has 1 amide bonds. The van der Waals surface area contributed by atoms with Gasteiger partial charge in [0.1, 0.15) is 5.01 Å². The minimum Gasteiger partial charge on any atom is -0.346 e. The van der Waals surface area contributed by atoms with Gasteiger partial charge in [-0.2, -0.15) is 4.31 Å². The highest BCUT2D eigenvalue weighted by molar-refractivity contribution is 7.89. The fourth-order valence-corrected chi connectivity index (χ4v) is 5.18. The number of nitrogens with zero attached hydrogens (tertiary/aromatic N) is 2. The first-order valence-electron chi connectivity index (χ1n) is 8.76. The summed E-state index contributed by atoms with van der Waals surface area (Å²) < 4.78 is 27.1. The van der Waals surface area contributed by atoms with Gasteiger partial charge in [0.15, 0.2) is 0 Å². The van der Waals surface area contributed by atoms with Crippen LogP contribution in [0.1, 0.15) is 46.7 Å². The maximum Gasteiger partial charge on any atom is 0.251 e. The summed E-state index contributed by atoms with van der Waals surface area (Å²) in [4.78, 5) is 16.8. The highest BCUT2D eigenvalue weighted by Gasteiger charge is 2.25. The van der Waals surface area contributed by atoms with E-state index in [1.54, 1.807) is 16.4 Å². The first kappa shape index (κ1) is 19.0. The summed E-state index contributed by atoms with van der Waals surface area (Å²) in [5, 5.41) is 5.59. The van der Waals surface area contributed by atoms with Gasteiger partial charge in [-0.1, -0.05) is 12.8 Å². The number of thiazole rings is 1. The number of carbonyl (C=O) groups excluding carboxylic acids is 1. The monoisotopic (exact) mass is 393 g/mol. The number of nitrogens with one attached hydrogen (secondary N) is 1. The van der Waals surface area contributed by atoms with E-state index in [4.69, 9.17) is 0 Å². The summed E-state index contributed by atoms with van der Waals surface area (Å²) in [6.07, 6.45) is 3.94. The highest BCUT2D eigenvalue weighted by atomic mass is 32.2. The lowest BCUT2D eigenvalue weighted by Crippen LogP contribution is -2.32. The Bertz CT molecular complexity index is 852. The number of amides is 1. The number of carbonyl (C=O) groups is 1. The average molecular weight is 394 g/mol. The van der Waals surface area contributed by atoms with Crippen molar-refractivity contribution in [3.05, 3.63) is 45.9 Å². The molecule has 1 aromatic heterocycles. The van der Waals surface area contributed by atoms with Gasteiger partial charge in [0.05, 0.1) is 11.4 Å². The quantitative estimate of drug-likeness (QED) is 0.847. The molecule has 0 spiro atoms. The predicted molar refractivity (Wildman–Crippen MR) is 102 cm³/mol. The van der Waals surface area contributed by atoms with Crippen molar-refractivity contribution in [2.24, 2.45) is 0 Å². The number of hydrogen-bond acceptors (Lipinski definition) is 5. The second kappa shape index (κ2) is 8.28. The first-order valence-corrected chi connectivity index (χ1v) is 11.1. The highest BCUT2D eigenvalue weighted by Crippen LogP contribution is 2.20. The van der Waals surface area contributed by atoms with Gasteiger partial charge in [-0.15, -0.1) is 11.3 Å². The second-order valence-corrected chi connectivity index (χ2v) is 9.29. The normalized spacial score (nSPS) is 16.2. The fourth-order valence-electron chi connectivity index (χ4n) is 2.95. The van der Waals surface area contributed by atoms with Crippen molar-refractivity contribution in [1.82, 2.24) is 14.6 Å². The Hall–Kier alpha value is -1.77. The summed E-state index contributed by atoms with van der Waals surface area (Å²) in [7, 11) is -3.49. The van der Waals surface area contributed by atoms with Crippen molar-refractivity contribution in [2.45, 2.75) is 44.0 Å². The molecule has 0 atom stereocenters. The molecule has 26 heavy (non-hydrogen) atoms. The molecule has 0 saturated carbocycles. The van der Waals surface area contributed by atoms with Gasteiger partial charge in [-0.3, -0.25) is 4.79 Å². The van der Waals surface area contributed by atoms with Crippen LogP contribution in [-0.4, -0.2) is 36.7 Å². The topological polar surface area (TPSA) is 79.4 Å². The van der Waals surface area contributed by atoms with Crippen LogP contribution in [0, 0.1) is 6.92 Å². The van der Waals surface area contributed by atoms with E-state index in [1.165, 1.54) is 23.5 Å². The zero-order chi connectivity index (χ0) is 18.6. The summed E-state index contributed by atoms with van der Waals surface area (Å²) in [6, 6.07) is 6.16. The summed E-state index contributed by atoms with van der Waals surface area (Å²) >= 11 is 1.50. The van der Waals surface area contributed by atoms with E-state index in [0.29, 0.717) is 25.2 Å². The van der Waals surface area contributed by atoms with Crippen molar-refractivity contribution >= 4 is 27.3 Å². The van der Waals surface area contributed by atoms with Crippen molar-refractivity contribution in [3.8, 4) is 0 Å². The molecule has 2 heterocycles. The number of benzene rings is 1. The lowest BCUT2D eigenvalue weighted by molar-refractivity contribution is 0.0950. The van der Waals surface area contributed by atoms with Gasteiger partial charge < -0.3 is 5.32 Å². The van der Waals surface area contributed by atoms with E-state index < -0.39 is 10.0 Å². The number of hydrogen-bond donors (Lipinski definition) is 1. The van der Waals surface area contributed by atoms with Crippen LogP contribution in [-0.2, 0) is 16.6 Å². The largest absolute Gasteiger partial charge is 0.346 e. The van der Waals surface area contributed by atoms with Gasteiger partial charge in [-0.05, 0) is 44.0 Å². The van der Waals surface area contributed by atoms with Crippen LogP contribution in [0.25, 0.3) is 0 Å². The van der Waals surface area contributed by atoms with Crippen molar-refractivity contribution in [1.29, 1.82) is 0 Å². The molecule has 0 bridgehead atoms. The van der Waals surface area contributed by atoms with E-state index in [0.717, 1.165) is 36.4 Å². The third kappa shape index (κ3) is 4.49. The van der Waals surface area contributed by atoms with Gasteiger partial charge in [-0.25, -0.2) is 13.4 Å². The number of rotatable bonds is 5. The Labute approximate surface area is 158 Å². The molecule has 1 saturated heterocycles. The molecular weight excluding hydrogens is 370 g/mol. The van der Waals surface area contributed by atoms with Crippen molar-refractivity contribution < 1.29 is 13.2 Å². The molecule has 140 valence electrons. The molecule has 1 aliphatic rings. The maximum atomic E-state index is 12.8. The fraction of sp³-hybridized carbons (Fsp3) is 0.444. The average Bonchev–Trinajstić information content (AvgIpc) is 2.87. The van der Waals surface area contributed by atoms with Crippen LogP contribution >= 0.6 is 11.3 Å². The van der Waals surface area contributed by atoms with Crippen LogP contribution in [0.4, 0.5) is 0 Å². The maximum absolute atomic E-state index is 12.8. The van der Waals surface area contributed by atoms with E-state index in [9.17, 15) is 13.2 Å². The molecule has 0 unspecified atom stereocenters. The third-order valence-electron chi connectivity index (χ3n) is 4.39. The molecular formula is C18H23N3O3S2. The van der Waals surface area contributed by atoms with Crippen molar-refractivity contribution in [2.75, 3.05) is 13.1 Å². The van der Waals surface area contributed by atoms with Crippen LogP contribution in [0.15, 0.2) is 34.5 Å². The molecule has 0 radical (unpaired) electrons. The number of aromatic nitrogens is 1. The second-order valence-electron chi connectivity index (χ2n) is 6.41. The molecule has 1 N–H and O–H groups in total. The molecule has 8 heteroatoms. The molecule has 2 aromatic rings.